The van der Waals surface area contributed by atoms with E-state index in [1.165, 1.54) is 18.3 Å². The van der Waals surface area contributed by atoms with Gasteiger partial charge in [-0.3, -0.25) is 9.78 Å². The van der Waals surface area contributed by atoms with Crippen molar-refractivity contribution in [3.05, 3.63) is 52.5 Å². The Morgan fingerprint density at radius 1 is 1.26 bits per heavy atom. The number of halogens is 2. The molecule has 0 radical (unpaired) electrons. The third kappa shape index (κ3) is 3.29. The van der Waals surface area contributed by atoms with Crippen molar-refractivity contribution in [2.75, 3.05) is 17.7 Å². The molecule has 0 saturated carbocycles. The Morgan fingerprint density at radius 3 is 2.74 bits per heavy atom. The number of hydrogen-bond donors (Lipinski definition) is 2. The van der Waals surface area contributed by atoms with Crippen LogP contribution in [0.2, 0.25) is 0 Å². The molecular weight excluding hydrogens is 313 g/mol. The first-order chi connectivity index (χ1) is 9.10. The Kier molecular flexibility index (Phi) is 4.11. The summed E-state index contributed by atoms with van der Waals surface area (Å²) in [5.74, 6) is -0.825. The fourth-order valence-corrected chi connectivity index (χ4v) is 1.73. The molecule has 0 bridgehead atoms. The van der Waals surface area contributed by atoms with E-state index in [-0.39, 0.29) is 11.6 Å². The summed E-state index contributed by atoms with van der Waals surface area (Å²) in [6.07, 6.45) is 1.53. The lowest BCUT2D eigenvalue weighted by Gasteiger charge is -2.06. The summed E-state index contributed by atoms with van der Waals surface area (Å²) in [7, 11) is 1.75. The largest absolute Gasteiger partial charge is 0.388 e. The van der Waals surface area contributed by atoms with E-state index in [1.54, 1.807) is 25.2 Å². The van der Waals surface area contributed by atoms with Crippen molar-refractivity contribution in [1.29, 1.82) is 0 Å². The number of nitrogens with zero attached hydrogens (tertiary/aromatic N) is 1. The first kappa shape index (κ1) is 13.5. The van der Waals surface area contributed by atoms with Crippen molar-refractivity contribution >= 4 is 33.2 Å². The number of carbonyl (C=O) groups is 1. The highest BCUT2D eigenvalue weighted by Gasteiger charge is 2.09. The zero-order chi connectivity index (χ0) is 13.8. The van der Waals surface area contributed by atoms with Gasteiger partial charge in [0.1, 0.15) is 11.5 Å². The molecule has 0 aliphatic heterocycles. The highest BCUT2D eigenvalue weighted by molar-refractivity contribution is 9.10. The highest BCUT2D eigenvalue weighted by atomic mass is 79.9. The van der Waals surface area contributed by atoms with Crippen LogP contribution in [0.3, 0.4) is 0 Å². The number of benzene rings is 1. The summed E-state index contributed by atoms with van der Waals surface area (Å²) in [5, 5.41) is 5.50. The van der Waals surface area contributed by atoms with Crippen LogP contribution in [0.25, 0.3) is 0 Å². The van der Waals surface area contributed by atoms with E-state index in [9.17, 15) is 9.18 Å². The standard InChI is InChI=1S/C13H11BrFN3O/c1-16-8-4-5-17-12(7-8)13(19)18-9-2-3-10(14)11(15)6-9/h2-7H,1H3,(H,16,17)(H,18,19). The summed E-state index contributed by atoms with van der Waals surface area (Å²) >= 11 is 3.05. The van der Waals surface area contributed by atoms with Crippen molar-refractivity contribution in [2.24, 2.45) is 0 Å². The van der Waals surface area contributed by atoms with E-state index >= 15 is 0 Å². The SMILES string of the molecule is CNc1ccnc(C(=O)Nc2ccc(Br)c(F)c2)c1. The van der Waals surface area contributed by atoms with Gasteiger partial charge in [0.2, 0.25) is 0 Å². The fourth-order valence-electron chi connectivity index (χ4n) is 1.48. The predicted octanol–water partition coefficient (Wildman–Crippen LogP) is 3.28. The normalized spacial score (nSPS) is 10.1. The molecule has 2 rings (SSSR count). The summed E-state index contributed by atoms with van der Waals surface area (Å²) < 4.78 is 13.7. The number of amides is 1. The average molecular weight is 324 g/mol. The molecule has 2 aromatic rings. The van der Waals surface area contributed by atoms with E-state index in [0.717, 1.165) is 5.69 Å². The minimum Gasteiger partial charge on any atom is -0.388 e. The van der Waals surface area contributed by atoms with Gasteiger partial charge in [0.05, 0.1) is 4.47 Å². The fraction of sp³-hybridized carbons (Fsp3) is 0.0769. The molecule has 1 amide bonds. The van der Waals surface area contributed by atoms with Gasteiger partial charge in [0.25, 0.3) is 5.91 Å². The van der Waals surface area contributed by atoms with Crippen LogP contribution in [0.15, 0.2) is 41.0 Å². The maximum absolute atomic E-state index is 13.3. The minimum absolute atomic E-state index is 0.259. The molecule has 0 unspecified atom stereocenters. The Morgan fingerprint density at radius 2 is 2.05 bits per heavy atom. The molecular formula is C13H11BrFN3O. The van der Waals surface area contributed by atoms with Crippen molar-refractivity contribution in [3.8, 4) is 0 Å². The Labute approximate surface area is 118 Å². The molecule has 0 spiro atoms. The summed E-state index contributed by atoms with van der Waals surface area (Å²) in [4.78, 5) is 15.9. The topological polar surface area (TPSA) is 54.0 Å². The molecule has 4 nitrogen and oxygen atoms in total. The quantitative estimate of drug-likeness (QED) is 0.911. The summed E-state index contributed by atoms with van der Waals surface area (Å²) in [5.41, 5.74) is 1.42. The number of rotatable bonds is 3. The molecule has 0 aliphatic carbocycles. The van der Waals surface area contributed by atoms with Crippen LogP contribution >= 0.6 is 15.9 Å². The number of hydrogen-bond acceptors (Lipinski definition) is 3. The Hall–Kier alpha value is -1.95. The van der Waals surface area contributed by atoms with Gasteiger partial charge >= 0.3 is 0 Å². The molecule has 0 aliphatic rings. The molecule has 1 aromatic carbocycles. The van der Waals surface area contributed by atoms with E-state index in [2.05, 4.69) is 31.5 Å². The minimum atomic E-state index is -0.435. The number of aromatic nitrogens is 1. The van der Waals surface area contributed by atoms with Crippen molar-refractivity contribution in [3.63, 3.8) is 0 Å². The molecule has 0 fully saturated rings. The van der Waals surface area contributed by atoms with Gasteiger partial charge in [-0.05, 0) is 46.3 Å². The zero-order valence-electron chi connectivity index (χ0n) is 10.1. The Bertz CT molecular complexity index is 619. The first-order valence-electron chi connectivity index (χ1n) is 5.50. The molecule has 1 heterocycles. The van der Waals surface area contributed by atoms with Gasteiger partial charge in [-0.1, -0.05) is 0 Å². The van der Waals surface area contributed by atoms with Crippen LogP contribution in [0.4, 0.5) is 15.8 Å². The van der Waals surface area contributed by atoms with Crippen LogP contribution in [-0.4, -0.2) is 17.9 Å². The van der Waals surface area contributed by atoms with E-state index < -0.39 is 5.82 Å². The van der Waals surface area contributed by atoms with E-state index in [1.807, 2.05) is 0 Å². The van der Waals surface area contributed by atoms with Crippen LogP contribution in [0.5, 0.6) is 0 Å². The van der Waals surface area contributed by atoms with E-state index in [0.29, 0.717) is 10.2 Å². The third-order valence-electron chi connectivity index (χ3n) is 2.46. The van der Waals surface area contributed by atoms with Crippen molar-refractivity contribution in [2.45, 2.75) is 0 Å². The maximum atomic E-state index is 13.3. The first-order valence-corrected chi connectivity index (χ1v) is 6.29. The number of nitrogens with one attached hydrogen (secondary N) is 2. The van der Waals surface area contributed by atoms with Crippen molar-refractivity contribution in [1.82, 2.24) is 4.98 Å². The number of pyridine rings is 1. The second-order valence-corrected chi connectivity index (χ2v) is 4.62. The molecule has 19 heavy (non-hydrogen) atoms. The van der Waals surface area contributed by atoms with Gasteiger partial charge < -0.3 is 10.6 Å². The highest BCUT2D eigenvalue weighted by Crippen LogP contribution is 2.19. The van der Waals surface area contributed by atoms with Gasteiger partial charge in [-0.15, -0.1) is 0 Å². The number of carbonyl (C=O) groups excluding carboxylic acids is 1. The van der Waals surface area contributed by atoms with Crippen LogP contribution in [0, 0.1) is 5.82 Å². The smallest absolute Gasteiger partial charge is 0.274 e. The summed E-state index contributed by atoms with van der Waals surface area (Å²) in [6, 6.07) is 7.74. The molecule has 6 heteroatoms. The molecule has 0 atom stereocenters. The van der Waals surface area contributed by atoms with Gasteiger partial charge in [-0.25, -0.2) is 4.39 Å². The second-order valence-electron chi connectivity index (χ2n) is 3.76. The van der Waals surface area contributed by atoms with E-state index in [4.69, 9.17) is 0 Å². The lowest BCUT2D eigenvalue weighted by atomic mass is 10.2. The van der Waals surface area contributed by atoms with Gasteiger partial charge in [0, 0.05) is 24.6 Å². The summed E-state index contributed by atoms with van der Waals surface area (Å²) in [6.45, 7) is 0. The molecule has 2 N–H and O–H groups in total. The van der Waals surface area contributed by atoms with Gasteiger partial charge in [-0.2, -0.15) is 0 Å². The zero-order valence-corrected chi connectivity index (χ0v) is 11.7. The van der Waals surface area contributed by atoms with Crippen LogP contribution in [-0.2, 0) is 0 Å². The Balaban J connectivity index is 2.18. The molecule has 0 saturated heterocycles. The average Bonchev–Trinajstić information content (AvgIpc) is 2.43. The predicted molar refractivity (Wildman–Crippen MR) is 75.8 cm³/mol. The van der Waals surface area contributed by atoms with Crippen LogP contribution < -0.4 is 10.6 Å². The molecule has 1 aromatic heterocycles. The maximum Gasteiger partial charge on any atom is 0.274 e. The second kappa shape index (κ2) is 5.79. The molecule has 98 valence electrons. The third-order valence-corrected chi connectivity index (χ3v) is 3.10. The lowest BCUT2D eigenvalue weighted by molar-refractivity contribution is 0.102. The van der Waals surface area contributed by atoms with Crippen molar-refractivity contribution < 1.29 is 9.18 Å². The number of anilines is 2. The van der Waals surface area contributed by atoms with Gasteiger partial charge in [0.15, 0.2) is 0 Å². The lowest BCUT2D eigenvalue weighted by Crippen LogP contribution is -2.14. The van der Waals surface area contributed by atoms with Crippen LogP contribution in [0.1, 0.15) is 10.5 Å². The monoisotopic (exact) mass is 323 g/mol.